The van der Waals surface area contributed by atoms with Crippen LogP contribution in [-0.4, -0.2) is 35.4 Å². The Kier molecular flexibility index (Phi) is 3.81. The molecule has 3 rings (SSSR count). The van der Waals surface area contributed by atoms with Crippen molar-refractivity contribution in [1.82, 2.24) is 9.88 Å². The fraction of sp³-hybridized carbons (Fsp3) is 0.267. The Morgan fingerprint density at radius 2 is 2.23 bits per heavy atom. The number of nitrogens with zero attached hydrogens (tertiary/aromatic N) is 1. The Labute approximate surface area is 130 Å². The van der Waals surface area contributed by atoms with Crippen LogP contribution in [0.2, 0.25) is 0 Å². The highest BCUT2D eigenvalue weighted by molar-refractivity contribution is 7.10. The molecule has 1 amide bonds. The summed E-state index contributed by atoms with van der Waals surface area (Å²) in [6.45, 7) is 0.375. The lowest BCUT2D eigenvalue weighted by molar-refractivity contribution is -0.146. The van der Waals surface area contributed by atoms with Crippen molar-refractivity contribution < 1.29 is 14.3 Å². The Morgan fingerprint density at radius 3 is 2.95 bits per heavy atom. The second kappa shape index (κ2) is 5.76. The van der Waals surface area contributed by atoms with Gasteiger partial charge in [0.2, 0.25) is 0 Å². The Hall–Kier alpha value is -2.41. The molecule has 0 saturated carbocycles. The van der Waals surface area contributed by atoms with Gasteiger partial charge in [-0.15, -0.1) is 11.3 Å². The van der Waals surface area contributed by atoms with E-state index in [1.807, 2.05) is 11.4 Å². The van der Waals surface area contributed by atoms with E-state index in [9.17, 15) is 14.4 Å². The zero-order chi connectivity index (χ0) is 15.7. The van der Waals surface area contributed by atoms with E-state index in [1.54, 1.807) is 17.4 Å². The SMILES string of the molecule is COC(=O)C1c2ccsc2CCN1C(=O)c1ccc[nH]c1=O. The van der Waals surface area contributed by atoms with Crippen molar-refractivity contribution in [3.8, 4) is 0 Å². The van der Waals surface area contributed by atoms with Gasteiger partial charge in [0, 0.05) is 17.6 Å². The van der Waals surface area contributed by atoms with Crippen LogP contribution in [0.4, 0.5) is 0 Å². The largest absolute Gasteiger partial charge is 0.467 e. The van der Waals surface area contributed by atoms with E-state index in [4.69, 9.17) is 4.74 Å². The second-order valence-corrected chi connectivity index (χ2v) is 5.89. The highest BCUT2D eigenvalue weighted by Crippen LogP contribution is 2.34. The molecule has 7 heteroatoms. The average Bonchev–Trinajstić information content (AvgIpc) is 3.01. The third-order valence-electron chi connectivity index (χ3n) is 3.70. The maximum absolute atomic E-state index is 12.7. The minimum Gasteiger partial charge on any atom is -0.467 e. The predicted octanol–water partition coefficient (Wildman–Crippen LogP) is 1.35. The molecule has 22 heavy (non-hydrogen) atoms. The van der Waals surface area contributed by atoms with Crippen LogP contribution in [0.25, 0.3) is 0 Å². The van der Waals surface area contributed by atoms with Crippen molar-refractivity contribution in [2.45, 2.75) is 12.5 Å². The summed E-state index contributed by atoms with van der Waals surface area (Å²) < 4.78 is 4.85. The van der Waals surface area contributed by atoms with Crippen LogP contribution in [0, 0.1) is 0 Å². The molecule has 0 bridgehead atoms. The number of aromatic amines is 1. The highest BCUT2D eigenvalue weighted by atomic mass is 32.1. The fourth-order valence-electron chi connectivity index (χ4n) is 2.65. The Balaban J connectivity index is 2.03. The maximum atomic E-state index is 12.7. The number of ether oxygens (including phenoxy) is 1. The van der Waals surface area contributed by atoms with Gasteiger partial charge in [0.15, 0.2) is 6.04 Å². The molecular formula is C15H14N2O4S. The molecule has 0 aromatic carbocycles. The van der Waals surface area contributed by atoms with Crippen LogP contribution in [0.15, 0.2) is 34.6 Å². The first-order chi connectivity index (χ1) is 10.6. The first-order valence-corrected chi connectivity index (χ1v) is 7.64. The number of hydrogen-bond acceptors (Lipinski definition) is 5. The zero-order valence-corrected chi connectivity index (χ0v) is 12.7. The molecule has 1 unspecified atom stereocenters. The van der Waals surface area contributed by atoms with Crippen LogP contribution < -0.4 is 5.56 Å². The number of nitrogens with one attached hydrogen (secondary N) is 1. The summed E-state index contributed by atoms with van der Waals surface area (Å²) in [5.41, 5.74) is 0.339. The second-order valence-electron chi connectivity index (χ2n) is 4.89. The van der Waals surface area contributed by atoms with Gasteiger partial charge in [-0.3, -0.25) is 9.59 Å². The monoisotopic (exact) mass is 318 g/mol. The molecule has 1 N–H and O–H groups in total. The number of amides is 1. The smallest absolute Gasteiger partial charge is 0.333 e. The molecule has 6 nitrogen and oxygen atoms in total. The minimum absolute atomic E-state index is 0.0232. The van der Waals surface area contributed by atoms with Crippen molar-refractivity contribution >= 4 is 23.2 Å². The molecule has 0 spiro atoms. The number of hydrogen-bond donors (Lipinski definition) is 1. The van der Waals surface area contributed by atoms with Crippen molar-refractivity contribution in [2.75, 3.05) is 13.7 Å². The van der Waals surface area contributed by atoms with Gasteiger partial charge >= 0.3 is 5.97 Å². The first-order valence-electron chi connectivity index (χ1n) is 6.76. The normalized spacial score (nSPS) is 17.0. The van der Waals surface area contributed by atoms with E-state index in [-0.39, 0.29) is 5.56 Å². The molecule has 0 saturated heterocycles. The van der Waals surface area contributed by atoms with Crippen LogP contribution in [0.5, 0.6) is 0 Å². The number of esters is 1. The molecule has 0 radical (unpaired) electrons. The summed E-state index contributed by atoms with van der Waals surface area (Å²) in [5, 5.41) is 1.89. The van der Waals surface area contributed by atoms with Gasteiger partial charge < -0.3 is 14.6 Å². The molecule has 2 aromatic heterocycles. The molecule has 0 fully saturated rings. The van der Waals surface area contributed by atoms with Gasteiger partial charge in [0.25, 0.3) is 11.5 Å². The lowest BCUT2D eigenvalue weighted by Crippen LogP contribution is -2.44. The molecule has 0 aliphatic carbocycles. The molecule has 1 atom stereocenters. The van der Waals surface area contributed by atoms with Crippen molar-refractivity contribution in [3.05, 3.63) is 56.1 Å². The van der Waals surface area contributed by atoms with E-state index >= 15 is 0 Å². The predicted molar refractivity (Wildman–Crippen MR) is 80.9 cm³/mol. The zero-order valence-electron chi connectivity index (χ0n) is 11.9. The minimum atomic E-state index is -0.799. The third kappa shape index (κ3) is 2.33. The van der Waals surface area contributed by atoms with Crippen LogP contribution in [0.3, 0.4) is 0 Å². The molecule has 2 aromatic rings. The quantitative estimate of drug-likeness (QED) is 0.848. The van der Waals surface area contributed by atoms with Gasteiger partial charge in [-0.1, -0.05) is 0 Å². The summed E-state index contributed by atoms with van der Waals surface area (Å²) in [5.74, 6) is -0.964. The van der Waals surface area contributed by atoms with Gasteiger partial charge in [-0.05, 0) is 35.6 Å². The number of methoxy groups -OCH3 is 1. The lowest BCUT2D eigenvalue weighted by atomic mass is 9.99. The number of pyridine rings is 1. The molecular weight excluding hydrogens is 304 g/mol. The van der Waals surface area contributed by atoms with E-state index in [0.29, 0.717) is 13.0 Å². The van der Waals surface area contributed by atoms with E-state index in [1.165, 1.54) is 24.3 Å². The number of carbonyl (C=O) groups excluding carboxylic acids is 2. The fourth-order valence-corrected chi connectivity index (χ4v) is 3.55. The summed E-state index contributed by atoms with van der Waals surface area (Å²) in [4.78, 5) is 41.6. The molecule has 1 aliphatic rings. The van der Waals surface area contributed by atoms with Gasteiger partial charge in [0.1, 0.15) is 5.56 Å². The van der Waals surface area contributed by atoms with Crippen molar-refractivity contribution in [3.63, 3.8) is 0 Å². The van der Waals surface area contributed by atoms with E-state index in [2.05, 4.69) is 4.98 Å². The van der Waals surface area contributed by atoms with Gasteiger partial charge in [-0.25, -0.2) is 4.79 Å². The van der Waals surface area contributed by atoms with Crippen LogP contribution in [-0.2, 0) is 16.0 Å². The number of aromatic nitrogens is 1. The molecule has 1 aliphatic heterocycles. The average molecular weight is 318 g/mol. The lowest BCUT2D eigenvalue weighted by Gasteiger charge is -2.33. The summed E-state index contributed by atoms with van der Waals surface area (Å²) in [7, 11) is 1.29. The maximum Gasteiger partial charge on any atom is 0.333 e. The molecule has 114 valence electrons. The van der Waals surface area contributed by atoms with Crippen molar-refractivity contribution in [2.24, 2.45) is 0 Å². The summed E-state index contributed by atoms with van der Waals surface area (Å²) >= 11 is 1.56. The number of rotatable bonds is 2. The Bertz CT molecular complexity index is 780. The highest BCUT2D eigenvalue weighted by Gasteiger charge is 2.38. The van der Waals surface area contributed by atoms with E-state index < -0.39 is 23.5 Å². The van der Waals surface area contributed by atoms with Gasteiger partial charge in [-0.2, -0.15) is 0 Å². The standard InChI is InChI=1S/C15H14N2O4S/c1-21-15(20)12-9-5-8-22-11(9)4-7-17(12)14(19)10-3-2-6-16-13(10)18/h2-3,5-6,8,12H,4,7H2,1H3,(H,16,18). The first kappa shape index (κ1) is 14.5. The third-order valence-corrected chi connectivity index (χ3v) is 4.70. The topological polar surface area (TPSA) is 79.5 Å². The van der Waals surface area contributed by atoms with E-state index in [0.717, 1.165) is 10.4 Å². The summed E-state index contributed by atoms with van der Waals surface area (Å²) in [6, 6.07) is 4.07. The number of fused-ring (bicyclic) bond motifs is 1. The Morgan fingerprint density at radius 1 is 1.41 bits per heavy atom. The summed E-state index contributed by atoms with van der Waals surface area (Å²) in [6.07, 6.45) is 2.13. The molecule has 3 heterocycles. The van der Waals surface area contributed by atoms with Crippen LogP contribution >= 0.6 is 11.3 Å². The van der Waals surface area contributed by atoms with Gasteiger partial charge in [0.05, 0.1) is 7.11 Å². The number of carbonyl (C=O) groups is 2. The number of H-pyrrole nitrogens is 1. The van der Waals surface area contributed by atoms with Crippen molar-refractivity contribution in [1.29, 1.82) is 0 Å². The number of thiophene rings is 1. The van der Waals surface area contributed by atoms with Crippen LogP contribution in [0.1, 0.15) is 26.8 Å².